The molecule has 1 fully saturated rings. The van der Waals surface area contributed by atoms with Crippen molar-refractivity contribution in [3.8, 4) is 0 Å². The Bertz CT molecular complexity index is 552. The van der Waals surface area contributed by atoms with Crippen molar-refractivity contribution in [3.05, 3.63) is 71.3 Å². The Morgan fingerprint density at radius 2 is 1.85 bits per heavy atom. The quantitative estimate of drug-likeness (QED) is 0.913. The van der Waals surface area contributed by atoms with Crippen LogP contribution in [-0.2, 0) is 11.3 Å². The molecule has 0 amide bonds. The summed E-state index contributed by atoms with van der Waals surface area (Å²) >= 11 is 0. The van der Waals surface area contributed by atoms with Crippen molar-refractivity contribution in [3.63, 3.8) is 0 Å². The zero-order valence-electron chi connectivity index (χ0n) is 11.9. The lowest BCUT2D eigenvalue weighted by Crippen LogP contribution is -2.17. The van der Waals surface area contributed by atoms with Crippen molar-refractivity contribution in [2.75, 3.05) is 13.7 Å². The van der Waals surface area contributed by atoms with Crippen LogP contribution in [0.2, 0.25) is 0 Å². The molecular formula is C18H21NO. The van der Waals surface area contributed by atoms with Crippen molar-refractivity contribution in [2.24, 2.45) is 0 Å². The van der Waals surface area contributed by atoms with E-state index in [0.717, 1.165) is 6.54 Å². The van der Waals surface area contributed by atoms with Gasteiger partial charge in [-0.2, -0.15) is 0 Å². The fraction of sp³-hybridized carbons (Fsp3) is 0.333. The third-order valence-corrected chi connectivity index (χ3v) is 4.07. The van der Waals surface area contributed by atoms with Gasteiger partial charge in [0.15, 0.2) is 0 Å². The van der Waals surface area contributed by atoms with Crippen LogP contribution in [0.4, 0.5) is 0 Å². The van der Waals surface area contributed by atoms with Gasteiger partial charge in [-0.3, -0.25) is 0 Å². The molecule has 0 aromatic heterocycles. The summed E-state index contributed by atoms with van der Waals surface area (Å²) in [4.78, 5) is 0. The minimum absolute atomic E-state index is 0.425. The normalized spacial score (nSPS) is 22.1. The van der Waals surface area contributed by atoms with E-state index in [-0.39, 0.29) is 0 Å². The number of benzene rings is 2. The molecule has 2 nitrogen and oxygen atoms in total. The molecule has 20 heavy (non-hydrogen) atoms. The molecule has 0 bridgehead atoms. The molecule has 1 saturated heterocycles. The second-order valence-electron chi connectivity index (χ2n) is 5.42. The fourth-order valence-electron chi connectivity index (χ4n) is 3.15. The number of rotatable bonds is 4. The third-order valence-electron chi connectivity index (χ3n) is 4.07. The zero-order chi connectivity index (χ0) is 13.8. The first-order chi connectivity index (χ1) is 9.88. The van der Waals surface area contributed by atoms with Crippen molar-refractivity contribution in [1.29, 1.82) is 0 Å². The molecule has 2 aromatic carbocycles. The summed E-state index contributed by atoms with van der Waals surface area (Å²) in [5.41, 5.74) is 4.05. The monoisotopic (exact) mass is 267 g/mol. The molecule has 1 N–H and O–H groups in total. The maximum Gasteiger partial charge on any atom is 0.0713 e. The van der Waals surface area contributed by atoms with Crippen molar-refractivity contribution >= 4 is 0 Å². The summed E-state index contributed by atoms with van der Waals surface area (Å²) < 4.78 is 5.24. The maximum atomic E-state index is 5.24. The maximum absolute atomic E-state index is 5.24. The summed E-state index contributed by atoms with van der Waals surface area (Å²) in [5, 5.41) is 3.64. The highest BCUT2D eigenvalue weighted by Gasteiger charge is 2.29. The molecule has 3 rings (SSSR count). The SMILES string of the molecule is COCc1cccc(C2CCNC2c2ccccc2)c1. The van der Waals surface area contributed by atoms with Gasteiger partial charge in [0.05, 0.1) is 6.61 Å². The summed E-state index contributed by atoms with van der Waals surface area (Å²) in [7, 11) is 1.75. The van der Waals surface area contributed by atoms with Gasteiger partial charge in [0.2, 0.25) is 0 Å². The molecule has 2 atom stereocenters. The highest BCUT2D eigenvalue weighted by Crippen LogP contribution is 2.37. The van der Waals surface area contributed by atoms with E-state index in [0.29, 0.717) is 18.6 Å². The van der Waals surface area contributed by atoms with Gasteiger partial charge >= 0.3 is 0 Å². The molecule has 0 spiro atoms. The Balaban J connectivity index is 1.87. The van der Waals surface area contributed by atoms with Gasteiger partial charge in [-0.25, -0.2) is 0 Å². The van der Waals surface area contributed by atoms with Crippen LogP contribution >= 0.6 is 0 Å². The molecule has 2 heteroatoms. The van der Waals surface area contributed by atoms with E-state index in [1.807, 2.05) is 0 Å². The van der Waals surface area contributed by atoms with Crippen LogP contribution in [0.15, 0.2) is 54.6 Å². The number of nitrogens with one attached hydrogen (secondary N) is 1. The number of hydrogen-bond donors (Lipinski definition) is 1. The number of ether oxygens (including phenoxy) is 1. The van der Waals surface area contributed by atoms with Crippen molar-refractivity contribution in [2.45, 2.75) is 25.0 Å². The molecular weight excluding hydrogens is 246 g/mol. The second kappa shape index (κ2) is 6.21. The molecule has 2 unspecified atom stereocenters. The average Bonchev–Trinajstić information content (AvgIpc) is 2.98. The lowest BCUT2D eigenvalue weighted by atomic mass is 9.87. The first-order valence-electron chi connectivity index (χ1n) is 7.24. The lowest BCUT2D eigenvalue weighted by Gasteiger charge is -2.21. The van der Waals surface area contributed by atoms with E-state index >= 15 is 0 Å². The van der Waals surface area contributed by atoms with Crippen LogP contribution < -0.4 is 5.32 Å². The minimum Gasteiger partial charge on any atom is -0.380 e. The Kier molecular flexibility index (Phi) is 4.14. The fourth-order valence-corrected chi connectivity index (χ4v) is 3.15. The highest BCUT2D eigenvalue weighted by atomic mass is 16.5. The van der Waals surface area contributed by atoms with Gasteiger partial charge in [0, 0.05) is 19.1 Å². The number of hydrogen-bond acceptors (Lipinski definition) is 2. The van der Waals surface area contributed by atoms with Crippen LogP contribution in [0.25, 0.3) is 0 Å². The van der Waals surface area contributed by atoms with Crippen molar-refractivity contribution in [1.82, 2.24) is 5.32 Å². The van der Waals surface area contributed by atoms with Crippen LogP contribution in [0.1, 0.15) is 35.1 Å². The second-order valence-corrected chi connectivity index (χ2v) is 5.42. The topological polar surface area (TPSA) is 21.3 Å². The first-order valence-corrected chi connectivity index (χ1v) is 7.24. The zero-order valence-corrected chi connectivity index (χ0v) is 11.9. The Morgan fingerprint density at radius 3 is 2.65 bits per heavy atom. The predicted molar refractivity (Wildman–Crippen MR) is 81.7 cm³/mol. The molecule has 2 aromatic rings. The van der Waals surface area contributed by atoms with Gasteiger partial charge in [0.1, 0.15) is 0 Å². The Labute approximate surface area is 120 Å². The smallest absolute Gasteiger partial charge is 0.0713 e. The van der Waals surface area contributed by atoms with Crippen LogP contribution in [0.3, 0.4) is 0 Å². The van der Waals surface area contributed by atoms with E-state index in [4.69, 9.17) is 4.74 Å². The lowest BCUT2D eigenvalue weighted by molar-refractivity contribution is 0.185. The van der Waals surface area contributed by atoms with Gasteiger partial charge in [0.25, 0.3) is 0 Å². The van der Waals surface area contributed by atoms with Gasteiger partial charge in [-0.15, -0.1) is 0 Å². The van der Waals surface area contributed by atoms with Gasteiger partial charge < -0.3 is 10.1 Å². The van der Waals surface area contributed by atoms with Crippen molar-refractivity contribution < 1.29 is 4.74 Å². The highest BCUT2D eigenvalue weighted by molar-refractivity contribution is 5.32. The molecule has 1 heterocycles. The van der Waals surface area contributed by atoms with E-state index in [1.54, 1.807) is 7.11 Å². The van der Waals surface area contributed by atoms with Gasteiger partial charge in [-0.1, -0.05) is 54.6 Å². The third kappa shape index (κ3) is 2.77. The average molecular weight is 267 g/mol. The van der Waals surface area contributed by atoms with Crippen LogP contribution in [-0.4, -0.2) is 13.7 Å². The Morgan fingerprint density at radius 1 is 1.05 bits per heavy atom. The molecule has 0 aliphatic carbocycles. The molecule has 0 saturated carbocycles. The van der Waals surface area contributed by atoms with E-state index in [9.17, 15) is 0 Å². The first kappa shape index (κ1) is 13.3. The van der Waals surface area contributed by atoms with Crippen LogP contribution in [0, 0.1) is 0 Å². The van der Waals surface area contributed by atoms with Gasteiger partial charge in [-0.05, 0) is 29.7 Å². The predicted octanol–water partition coefficient (Wildman–Crippen LogP) is 3.65. The summed E-state index contributed by atoms with van der Waals surface area (Å²) in [6.45, 7) is 1.77. The van der Waals surface area contributed by atoms with E-state index in [2.05, 4.69) is 59.9 Å². The molecule has 104 valence electrons. The largest absolute Gasteiger partial charge is 0.380 e. The van der Waals surface area contributed by atoms with E-state index < -0.39 is 0 Å². The molecule has 0 radical (unpaired) electrons. The molecule has 1 aliphatic heterocycles. The minimum atomic E-state index is 0.425. The summed E-state index contributed by atoms with van der Waals surface area (Å²) in [6, 6.07) is 20.0. The number of methoxy groups -OCH3 is 1. The van der Waals surface area contributed by atoms with Crippen LogP contribution in [0.5, 0.6) is 0 Å². The summed E-state index contributed by atoms with van der Waals surface area (Å²) in [6.07, 6.45) is 1.19. The summed E-state index contributed by atoms with van der Waals surface area (Å²) in [5.74, 6) is 0.550. The molecule has 1 aliphatic rings. The van der Waals surface area contributed by atoms with E-state index in [1.165, 1.54) is 23.1 Å². The Hall–Kier alpha value is -1.64. The standard InChI is InChI=1S/C18H21NO/c1-20-13-14-6-5-9-16(12-14)17-10-11-19-18(17)15-7-3-2-4-8-15/h2-9,12,17-19H,10-11,13H2,1H3.